The molecule has 0 fully saturated rings. The second kappa shape index (κ2) is 8.07. The lowest BCUT2D eigenvalue weighted by Gasteiger charge is -2.15. The Labute approximate surface area is 195 Å². The Morgan fingerprint density at radius 1 is 0.935 bits per heavy atom. The van der Waals surface area contributed by atoms with Gasteiger partial charge in [-0.2, -0.15) is 0 Å². The summed E-state index contributed by atoms with van der Waals surface area (Å²) in [4.78, 5) is 13.6. The van der Waals surface area contributed by atoms with Gasteiger partial charge in [0.15, 0.2) is 17.3 Å². The van der Waals surface area contributed by atoms with E-state index in [4.69, 9.17) is 14.2 Å². The Morgan fingerprint density at radius 3 is 2.16 bits per heavy atom. The summed E-state index contributed by atoms with van der Waals surface area (Å²) < 4.78 is 19.6. The lowest BCUT2D eigenvalue weighted by molar-refractivity contribution is 0.103. The van der Waals surface area contributed by atoms with Gasteiger partial charge in [-0.3, -0.25) is 4.79 Å². The third kappa shape index (κ3) is 3.33. The first-order valence-corrected chi connectivity index (χ1v) is 10.9. The Balaban J connectivity index is 1.99. The maximum atomic E-state index is 13.6. The van der Waals surface area contributed by atoms with Crippen LogP contribution in [0.25, 0.3) is 21.8 Å². The predicted octanol–water partition coefficient (Wildman–Crippen LogP) is 5.81. The van der Waals surface area contributed by atoms with Crippen LogP contribution in [0.3, 0.4) is 0 Å². The highest BCUT2D eigenvalue weighted by molar-refractivity contribution is 14.1. The lowest BCUT2D eigenvalue weighted by atomic mass is 9.93. The fraction of sp³-hybridized carbons (Fsp3) is 0.240. The Kier molecular flexibility index (Phi) is 5.60. The van der Waals surface area contributed by atoms with E-state index in [9.17, 15) is 4.79 Å². The van der Waals surface area contributed by atoms with Crippen LogP contribution < -0.4 is 14.2 Å². The van der Waals surface area contributed by atoms with Crippen LogP contribution in [0, 0.1) is 17.4 Å². The zero-order valence-electron chi connectivity index (χ0n) is 18.4. The molecule has 6 heteroatoms. The zero-order chi connectivity index (χ0) is 22.4. The van der Waals surface area contributed by atoms with Crippen molar-refractivity contribution in [2.24, 2.45) is 7.05 Å². The van der Waals surface area contributed by atoms with Crippen molar-refractivity contribution < 1.29 is 19.0 Å². The number of rotatable bonds is 5. The molecule has 0 aliphatic rings. The molecule has 1 heterocycles. The second-order valence-electron chi connectivity index (χ2n) is 7.55. The molecule has 0 bridgehead atoms. The number of carbonyl (C=O) groups excluding carboxylic acids is 1. The average Bonchev–Trinajstić information content (AvgIpc) is 3.06. The fourth-order valence-corrected chi connectivity index (χ4v) is 4.88. The summed E-state index contributed by atoms with van der Waals surface area (Å²) in [6.07, 6.45) is 0. The van der Waals surface area contributed by atoms with Gasteiger partial charge in [-0.25, -0.2) is 0 Å². The van der Waals surface area contributed by atoms with Gasteiger partial charge in [0, 0.05) is 38.0 Å². The summed E-state index contributed by atoms with van der Waals surface area (Å²) in [5.41, 5.74) is 5.49. The largest absolute Gasteiger partial charge is 0.493 e. The third-order valence-electron chi connectivity index (χ3n) is 5.85. The van der Waals surface area contributed by atoms with Gasteiger partial charge in [-0.1, -0.05) is 0 Å². The molecule has 5 nitrogen and oxygen atoms in total. The predicted molar refractivity (Wildman–Crippen MR) is 132 cm³/mol. The van der Waals surface area contributed by atoms with Crippen LogP contribution in [-0.4, -0.2) is 31.7 Å². The Hall–Kier alpha value is -2.74. The molecule has 0 aliphatic carbocycles. The van der Waals surface area contributed by atoms with Gasteiger partial charge < -0.3 is 18.8 Å². The zero-order valence-corrected chi connectivity index (χ0v) is 20.6. The van der Waals surface area contributed by atoms with Gasteiger partial charge in [-0.15, -0.1) is 0 Å². The molecule has 4 aromatic rings. The average molecular weight is 529 g/mol. The van der Waals surface area contributed by atoms with E-state index in [1.54, 1.807) is 33.5 Å². The van der Waals surface area contributed by atoms with Crippen molar-refractivity contribution in [2.75, 3.05) is 21.3 Å². The van der Waals surface area contributed by atoms with Crippen LogP contribution >= 0.6 is 22.6 Å². The molecule has 3 aromatic carbocycles. The number of aryl methyl sites for hydroxylation is 3. The van der Waals surface area contributed by atoms with Gasteiger partial charge in [0.25, 0.3) is 0 Å². The van der Waals surface area contributed by atoms with Crippen LogP contribution in [0.1, 0.15) is 27.0 Å². The number of nitrogens with zero attached hydrogens (tertiary/aromatic N) is 1. The summed E-state index contributed by atoms with van der Waals surface area (Å²) in [5.74, 6) is 1.30. The number of hydrogen-bond acceptors (Lipinski definition) is 4. The molecule has 0 N–H and O–H groups in total. The minimum Gasteiger partial charge on any atom is -0.493 e. The van der Waals surface area contributed by atoms with Crippen molar-refractivity contribution in [2.45, 2.75) is 13.8 Å². The van der Waals surface area contributed by atoms with Gasteiger partial charge in [0.05, 0.1) is 26.8 Å². The number of hydrogen-bond donors (Lipinski definition) is 0. The normalized spacial score (nSPS) is 11.2. The van der Waals surface area contributed by atoms with E-state index in [1.807, 2.05) is 13.0 Å². The van der Waals surface area contributed by atoms with Crippen molar-refractivity contribution in [3.8, 4) is 17.2 Å². The standard InChI is InChI=1S/C25H24INO4/c1-13-9-17(24(28)15-10-20(29-4)25(31-6)21(11-15)30-5)14(2)22-18-12-16(26)7-8-19(18)27(3)23(13)22/h7-12H,1-6H3. The van der Waals surface area contributed by atoms with Gasteiger partial charge in [0.2, 0.25) is 5.75 Å². The molecule has 0 atom stereocenters. The van der Waals surface area contributed by atoms with Crippen LogP contribution in [0.4, 0.5) is 0 Å². The van der Waals surface area contributed by atoms with Crippen LogP contribution in [-0.2, 0) is 7.05 Å². The summed E-state index contributed by atoms with van der Waals surface area (Å²) in [6, 6.07) is 11.8. The second-order valence-corrected chi connectivity index (χ2v) is 8.80. The van der Waals surface area contributed by atoms with Gasteiger partial charge in [-0.05, 0) is 84.0 Å². The maximum absolute atomic E-state index is 13.6. The van der Waals surface area contributed by atoms with E-state index in [0.717, 1.165) is 36.5 Å². The third-order valence-corrected chi connectivity index (χ3v) is 6.52. The SMILES string of the molecule is COc1cc(C(=O)c2cc(C)c3c(c2C)c2cc(I)ccc2n3C)cc(OC)c1OC. The quantitative estimate of drug-likeness (QED) is 0.242. The molecule has 160 valence electrons. The van der Waals surface area contributed by atoms with E-state index < -0.39 is 0 Å². The van der Waals surface area contributed by atoms with Crippen molar-refractivity contribution in [3.05, 3.63) is 62.2 Å². The van der Waals surface area contributed by atoms with Gasteiger partial charge >= 0.3 is 0 Å². The number of halogens is 1. The number of ketones is 1. The van der Waals surface area contributed by atoms with Gasteiger partial charge in [0.1, 0.15) is 0 Å². The van der Waals surface area contributed by atoms with E-state index in [1.165, 1.54) is 0 Å². The Morgan fingerprint density at radius 2 is 1.58 bits per heavy atom. The van der Waals surface area contributed by atoms with Crippen molar-refractivity contribution in [1.82, 2.24) is 4.57 Å². The first-order chi connectivity index (χ1) is 14.8. The first-order valence-electron chi connectivity index (χ1n) is 9.84. The van der Waals surface area contributed by atoms with Crippen molar-refractivity contribution in [3.63, 3.8) is 0 Å². The number of methoxy groups -OCH3 is 3. The minimum atomic E-state index is -0.0793. The molecule has 31 heavy (non-hydrogen) atoms. The van der Waals surface area contributed by atoms with E-state index in [0.29, 0.717) is 28.4 Å². The summed E-state index contributed by atoms with van der Waals surface area (Å²) in [7, 11) is 6.71. The number of fused-ring (bicyclic) bond motifs is 3. The van der Waals surface area contributed by atoms with Crippen molar-refractivity contribution >= 4 is 50.2 Å². The smallest absolute Gasteiger partial charge is 0.203 e. The highest BCUT2D eigenvalue weighted by Gasteiger charge is 2.22. The lowest BCUT2D eigenvalue weighted by Crippen LogP contribution is -2.07. The number of aromatic nitrogens is 1. The Bertz CT molecular complexity index is 1330. The minimum absolute atomic E-state index is 0.0793. The number of benzene rings is 3. The first kappa shape index (κ1) is 21.5. The summed E-state index contributed by atoms with van der Waals surface area (Å²) >= 11 is 2.33. The molecular formula is C25H24INO4. The van der Waals surface area contributed by atoms with Crippen LogP contribution in [0.5, 0.6) is 17.2 Å². The number of ether oxygens (including phenoxy) is 3. The number of carbonyl (C=O) groups is 1. The van der Waals surface area contributed by atoms with E-state index in [-0.39, 0.29) is 5.78 Å². The molecule has 0 unspecified atom stereocenters. The summed E-state index contributed by atoms with van der Waals surface area (Å²) in [5, 5.41) is 2.27. The van der Waals surface area contributed by atoms with Crippen LogP contribution in [0.2, 0.25) is 0 Å². The molecule has 0 saturated carbocycles. The van der Waals surface area contributed by atoms with E-state index in [2.05, 4.69) is 59.3 Å². The molecule has 0 aliphatic heterocycles. The molecule has 0 radical (unpaired) electrons. The molecule has 4 rings (SSSR count). The topological polar surface area (TPSA) is 49.7 Å². The molecule has 0 amide bonds. The van der Waals surface area contributed by atoms with E-state index >= 15 is 0 Å². The monoisotopic (exact) mass is 529 g/mol. The van der Waals surface area contributed by atoms with Crippen molar-refractivity contribution in [1.29, 1.82) is 0 Å². The highest BCUT2D eigenvalue weighted by Crippen LogP contribution is 2.40. The molecule has 1 aromatic heterocycles. The molecular weight excluding hydrogens is 505 g/mol. The summed E-state index contributed by atoms with van der Waals surface area (Å²) in [6.45, 7) is 4.07. The van der Waals surface area contributed by atoms with Crippen LogP contribution in [0.15, 0.2) is 36.4 Å². The fourth-order valence-electron chi connectivity index (χ4n) is 4.39. The highest BCUT2D eigenvalue weighted by atomic mass is 127. The molecule has 0 spiro atoms. The maximum Gasteiger partial charge on any atom is 0.203 e. The molecule has 0 saturated heterocycles.